The van der Waals surface area contributed by atoms with Gasteiger partial charge in [-0.1, -0.05) is 68.8 Å². The third-order valence-corrected chi connectivity index (χ3v) is 8.04. The SMILES string of the molecule is CCC(C)C(NC(=O)C(Cc1c[nH]c2ccccc12)NC(=O)C(N)CCSC)C(=O)NC(Cc1ccccc1)C(=O)O. The number of nitrogens with one attached hydrogen (secondary N) is 4. The average Bonchev–Trinajstić information content (AvgIpc) is 3.40. The van der Waals surface area contributed by atoms with E-state index in [0.29, 0.717) is 18.6 Å². The van der Waals surface area contributed by atoms with Crippen molar-refractivity contribution in [3.63, 3.8) is 0 Å². The van der Waals surface area contributed by atoms with Gasteiger partial charge in [0.25, 0.3) is 0 Å². The van der Waals surface area contributed by atoms with Crippen molar-refractivity contribution in [3.05, 3.63) is 71.9 Å². The van der Waals surface area contributed by atoms with Crippen LogP contribution < -0.4 is 21.7 Å². The van der Waals surface area contributed by atoms with Crippen molar-refractivity contribution in [2.24, 2.45) is 11.7 Å². The highest BCUT2D eigenvalue weighted by atomic mass is 32.2. The average molecular weight is 596 g/mol. The molecule has 3 amide bonds. The molecule has 226 valence electrons. The number of benzene rings is 2. The van der Waals surface area contributed by atoms with Crippen LogP contribution in [0.2, 0.25) is 0 Å². The summed E-state index contributed by atoms with van der Waals surface area (Å²) in [5.41, 5.74) is 8.57. The smallest absolute Gasteiger partial charge is 0.326 e. The lowest BCUT2D eigenvalue weighted by Gasteiger charge is -2.28. The minimum Gasteiger partial charge on any atom is -0.480 e. The zero-order chi connectivity index (χ0) is 30.6. The maximum atomic E-state index is 13.7. The second-order valence-electron chi connectivity index (χ2n) is 10.5. The normalized spacial score (nSPS) is 14.8. The summed E-state index contributed by atoms with van der Waals surface area (Å²) in [5, 5.41) is 18.9. The van der Waals surface area contributed by atoms with E-state index < -0.39 is 47.9 Å². The van der Waals surface area contributed by atoms with E-state index in [1.165, 1.54) is 0 Å². The summed E-state index contributed by atoms with van der Waals surface area (Å²) in [6.07, 6.45) is 4.98. The molecule has 0 bridgehead atoms. The van der Waals surface area contributed by atoms with E-state index in [2.05, 4.69) is 20.9 Å². The number of hydrogen-bond donors (Lipinski definition) is 6. The number of carbonyl (C=O) groups excluding carboxylic acids is 3. The Balaban J connectivity index is 1.82. The first kappa shape index (κ1) is 32.7. The summed E-state index contributed by atoms with van der Waals surface area (Å²) < 4.78 is 0. The van der Waals surface area contributed by atoms with Gasteiger partial charge in [-0.2, -0.15) is 11.8 Å². The van der Waals surface area contributed by atoms with Gasteiger partial charge in [-0.25, -0.2) is 4.79 Å². The third kappa shape index (κ3) is 9.09. The molecule has 3 rings (SSSR count). The first-order valence-corrected chi connectivity index (χ1v) is 15.5. The number of aromatic amines is 1. The lowest BCUT2D eigenvalue weighted by atomic mass is 9.96. The molecule has 3 aromatic rings. The van der Waals surface area contributed by atoms with E-state index in [1.54, 1.807) is 42.2 Å². The van der Waals surface area contributed by atoms with Gasteiger partial charge in [0.2, 0.25) is 17.7 Å². The molecular formula is C31H41N5O5S. The number of thioether (sulfide) groups is 1. The van der Waals surface area contributed by atoms with Crippen molar-refractivity contribution in [2.75, 3.05) is 12.0 Å². The van der Waals surface area contributed by atoms with Crippen molar-refractivity contribution >= 4 is 46.4 Å². The van der Waals surface area contributed by atoms with Gasteiger partial charge < -0.3 is 31.8 Å². The summed E-state index contributed by atoms with van der Waals surface area (Å²) in [4.78, 5) is 55.4. The Morgan fingerprint density at radius 3 is 2.24 bits per heavy atom. The van der Waals surface area contributed by atoms with Crippen molar-refractivity contribution in [3.8, 4) is 0 Å². The molecule has 0 radical (unpaired) electrons. The van der Waals surface area contributed by atoms with Gasteiger partial charge in [-0.15, -0.1) is 0 Å². The molecule has 0 aliphatic carbocycles. The van der Waals surface area contributed by atoms with E-state index in [0.717, 1.165) is 22.0 Å². The molecule has 0 aliphatic rings. The largest absolute Gasteiger partial charge is 0.480 e. The van der Waals surface area contributed by atoms with E-state index in [-0.39, 0.29) is 18.8 Å². The number of nitrogens with two attached hydrogens (primary N) is 1. The molecule has 5 unspecified atom stereocenters. The molecule has 0 saturated heterocycles. The number of para-hydroxylation sites is 1. The molecular weight excluding hydrogens is 554 g/mol. The Bertz CT molecular complexity index is 1350. The Hall–Kier alpha value is -3.83. The standard InChI is InChI=1S/C31H41N5O5S/c1-4-19(2)27(30(39)35-26(31(40)41)16-20-10-6-5-7-11-20)36-29(38)25(34-28(37)23(32)14-15-42-3)17-21-18-33-24-13-9-8-12-22(21)24/h5-13,18-19,23,25-27,33H,4,14-17,32H2,1-3H3,(H,34,37)(H,35,39)(H,36,38)(H,40,41). The van der Waals surface area contributed by atoms with Gasteiger partial charge >= 0.3 is 5.97 Å². The number of carboxylic acid groups (broad SMARTS) is 1. The predicted octanol–water partition coefficient (Wildman–Crippen LogP) is 2.62. The second-order valence-corrected chi connectivity index (χ2v) is 11.5. The number of fused-ring (bicyclic) bond motifs is 1. The summed E-state index contributed by atoms with van der Waals surface area (Å²) in [7, 11) is 0. The highest BCUT2D eigenvalue weighted by Crippen LogP contribution is 2.20. The van der Waals surface area contributed by atoms with Crippen molar-refractivity contribution in [1.29, 1.82) is 0 Å². The first-order valence-electron chi connectivity index (χ1n) is 14.1. The molecule has 7 N–H and O–H groups in total. The van der Waals surface area contributed by atoms with Crippen LogP contribution in [-0.4, -0.2) is 70.0 Å². The molecule has 0 saturated carbocycles. The quantitative estimate of drug-likeness (QED) is 0.148. The summed E-state index contributed by atoms with van der Waals surface area (Å²) in [6, 6.07) is 12.6. The zero-order valence-corrected chi connectivity index (χ0v) is 25.1. The molecule has 1 aromatic heterocycles. The van der Waals surface area contributed by atoms with Crippen LogP contribution in [-0.2, 0) is 32.0 Å². The predicted molar refractivity (Wildman–Crippen MR) is 166 cm³/mol. The lowest BCUT2D eigenvalue weighted by Crippen LogP contribution is -2.59. The topological polar surface area (TPSA) is 166 Å². The van der Waals surface area contributed by atoms with Crippen LogP contribution in [0.15, 0.2) is 60.8 Å². The van der Waals surface area contributed by atoms with Gasteiger partial charge in [0.05, 0.1) is 6.04 Å². The Labute approximate surface area is 250 Å². The van der Waals surface area contributed by atoms with Crippen LogP contribution in [0.5, 0.6) is 0 Å². The number of aromatic nitrogens is 1. The maximum absolute atomic E-state index is 13.7. The second kappa shape index (κ2) is 16.0. The number of carbonyl (C=O) groups is 4. The van der Waals surface area contributed by atoms with E-state index in [9.17, 15) is 24.3 Å². The fourth-order valence-corrected chi connectivity index (χ4v) is 5.14. The van der Waals surface area contributed by atoms with Gasteiger partial charge in [0.1, 0.15) is 18.1 Å². The van der Waals surface area contributed by atoms with Gasteiger partial charge in [-0.05, 0) is 41.5 Å². The molecule has 0 spiro atoms. The molecule has 10 nitrogen and oxygen atoms in total. The monoisotopic (exact) mass is 595 g/mol. The maximum Gasteiger partial charge on any atom is 0.326 e. The molecule has 2 aromatic carbocycles. The van der Waals surface area contributed by atoms with E-state index in [4.69, 9.17) is 5.73 Å². The van der Waals surface area contributed by atoms with Gasteiger partial charge in [-0.3, -0.25) is 14.4 Å². The van der Waals surface area contributed by atoms with E-state index in [1.807, 2.05) is 50.4 Å². The number of carboxylic acids is 1. The third-order valence-electron chi connectivity index (χ3n) is 7.39. The van der Waals surface area contributed by atoms with Gasteiger partial charge in [0.15, 0.2) is 0 Å². The van der Waals surface area contributed by atoms with E-state index >= 15 is 0 Å². The van der Waals surface area contributed by atoms with Crippen LogP contribution in [0, 0.1) is 5.92 Å². The van der Waals surface area contributed by atoms with Crippen LogP contribution >= 0.6 is 11.8 Å². The molecule has 5 atom stereocenters. The van der Waals surface area contributed by atoms with Crippen molar-refractivity contribution < 1.29 is 24.3 Å². The number of hydrogen-bond acceptors (Lipinski definition) is 6. The van der Waals surface area contributed by atoms with Crippen LogP contribution in [0.3, 0.4) is 0 Å². The van der Waals surface area contributed by atoms with Crippen molar-refractivity contribution in [1.82, 2.24) is 20.9 Å². The van der Waals surface area contributed by atoms with Crippen LogP contribution in [0.1, 0.15) is 37.8 Å². The molecule has 11 heteroatoms. The molecule has 42 heavy (non-hydrogen) atoms. The number of H-pyrrole nitrogens is 1. The highest BCUT2D eigenvalue weighted by Gasteiger charge is 2.33. The number of amides is 3. The highest BCUT2D eigenvalue weighted by molar-refractivity contribution is 7.98. The fraction of sp³-hybridized carbons (Fsp3) is 0.419. The van der Waals surface area contributed by atoms with Crippen LogP contribution in [0.4, 0.5) is 0 Å². The number of rotatable bonds is 16. The fourth-order valence-electron chi connectivity index (χ4n) is 4.65. The van der Waals surface area contributed by atoms with Crippen molar-refractivity contribution in [2.45, 2.75) is 63.7 Å². The van der Waals surface area contributed by atoms with Gasteiger partial charge in [0, 0.05) is 29.9 Å². The molecule has 1 heterocycles. The Morgan fingerprint density at radius 1 is 0.905 bits per heavy atom. The summed E-state index contributed by atoms with van der Waals surface area (Å²) in [5.74, 6) is -2.41. The summed E-state index contributed by atoms with van der Waals surface area (Å²) >= 11 is 1.57. The Morgan fingerprint density at radius 2 is 1.57 bits per heavy atom. The minimum atomic E-state index is -1.18. The zero-order valence-electron chi connectivity index (χ0n) is 24.3. The molecule has 0 fully saturated rings. The summed E-state index contributed by atoms with van der Waals surface area (Å²) in [6.45, 7) is 3.69. The number of aliphatic carboxylic acids is 1. The first-order chi connectivity index (χ1) is 20.1. The molecule has 0 aliphatic heterocycles. The lowest BCUT2D eigenvalue weighted by molar-refractivity contribution is -0.142. The van der Waals surface area contributed by atoms with Crippen LogP contribution in [0.25, 0.3) is 10.9 Å². The Kier molecular flexibility index (Phi) is 12.4. The minimum absolute atomic E-state index is 0.0935.